The number of hydrogen-bond donors (Lipinski definition) is 0. The van der Waals surface area contributed by atoms with Crippen molar-refractivity contribution in [1.29, 1.82) is 0 Å². The molecule has 0 saturated heterocycles. The second kappa shape index (κ2) is 11.6. The van der Waals surface area contributed by atoms with Crippen LogP contribution in [-0.4, -0.2) is 6.04 Å². The van der Waals surface area contributed by atoms with Gasteiger partial charge < -0.3 is 9.80 Å². The Kier molecular flexibility index (Phi) is 7.40. The minimum Gasteiger partial charge on any atom is -0.335 e. The van der Waals surface area contributed by atoms with Gasteiger partial charge in [0.05, 0.1) is 6.04 Å². The van der Waals surface area contributed by atoms with Gasteiger partial charge >= 0.3 is 0 Å². The van der Waals surface area contributed by atoms with E-state index < -0.39 is 0 Å². The standard InChI is InChI=1S/C36H36N2/c1-5-13-31(14-6-1)37(32-15-7-2-8-16-32)35-25-21-29(22-26-35)30-23-27-36(28-24-30)38(33-17-9-3-10-18-33)34-19-11-4-12-20-34/h1,3,5-7,9,11,13-17,19-25,27-28,35H,2,4,8,10,12,18,26H2. The molecule has 4 aliphatic carbocycles. The van der Waals surface area contributed by atoms with Gasteiger partial charge in [-0.25, -0.2) is 0 Å². The Morgan fingerprint density at radius 1 is 0.632 bits per heavy atom. The molecule has 0 aromatic heterocycles. The van der Waals surface area contributed by atoms with Gasteiger partial charge in [-0.1, -0.05) is 85.0 Å². The van der Waals surface area contributed by atoms with E-state index in [4.69, 9.17) is 0 Å². The second-order valence-electron chi connectivity index (χ2n) is 10.3. The Hall–Kier alpha value is -4.04. The Morgan fingerprint density at radius 3 is 2.03 bits per heavy atom. The molecule has 190 valence electrons. The van der Waals surface area contributed by atoms with Crippen LogP contribution in [-0.2, 0) is 0 Å². The molecule has 4 aliphatic rings. The van der Waals surface area contributed by atoms with Gasteiger partial charge in [0.2, 0.25) is 0 Å². The minimum absolute atomic E-state index is 0.307. The summed E-state index contributed by atoms with van der Waals surface area (Å²) in [5.74, 6) is 0. The third-order valence-corrected chi connectivity index (χ3v) is 7.67. The molecular weight excluding hydrogens is 460 g/mol. The van der Waals surface area contributed by atoms with E-state index in [-0.39, 0.29) is 0 Å². The lowest BCUT2D eigenvalue weighted by atomic mass is 9.95. The zero-order valence-electron chi connectivity index (χ0n) is 22.0. The summed E-state index contributed by atoms with van der Waals surface area (Å²) in [6.45, 7) is 0. The van der Waals surface area contributed by atoms with E-state index >= 15 is 0 Å². The average Bonchev–Trinajstić information content (AvgIpc) is 3.00. The molecule has 0 saturated carbocycles. The van der Waals surface area contributed by atoms with Crippen LogP contribution in [0.25, 0.3) is 5.57 Å². The van der Waals surface area contributed by atoms with Crippen LogP contribution in [0.1, 0.15) is 50.5 Å². The number of rotatable bonds is 7. The van der Waals surface area contributed by atoms with Gasteiger partial charge in [0, 0.05) is 28.5 Å². The lowest BCUT2D eigenvalue weighted by molar-refractivity contribution is 0.756. The fourth-order valence-electron chi connectivity index (χ4n) is 5.74. The lowest BCUT2D eigenvalue weighted by Crippen LogP contribution is -2.33. The molecule has 0 amide bonds. The van der Waals surface area contributed by atoms with Crippen LogP contribution in [0.15, 0.2) is 145 Å². The van der Waals surface area contributed by atoms with Crippen LogP contribution in [0.3, 0.4) is 0 Å². The molecule has 2 aromatic carbocycles. The molecule has 0 bridgehead atoms. The number of anilines is 2. The Bertz CT molecular complexity index is 1380. The molecular formula is C36H36N2. The first-order valence-electron chi connectivity index (χ1n) is 14.1. The molecule has 1 unspecified atom stereocenters. The zero-order chi connectivity index (χ0) is 25.6. The smallest absolute Gasteiger partial charge is 0.0560 e. The first-order valence-corrected chi connectivity index (χ1v) is 14.1. The molecule has 1 atom stereocenters. The van der Waals surface area contributed by atoms with Gasteiger partial charge in [-0.15, -0.1) is 0 Å². The first kappa shape index (κ1) is 24.3. The van der Waals surface area contributed by atoms with E-state index in [1.807, 2.05) is 0 Å². The molecule has 0 radical (unpaired) electrons. The van der Waals surface area contributed by atoms with Crippen molar-refractivity contribution in [2.24, 2.45) is 0 Å². The van der Waals surface area contributed by atoms with Crippen LogP contribution >= 0.6 is 0 Å². The molecule has 2 aromatic rings. The predicted octanol–water partition coefficient (Wildman–Crippen LogP) is 9.41. The van der Waals surface area contributed by atoms with Crippen molar-refractivity contribution >= 4 is 16.9 Å². The molecule has 0 spiro atoms. The third-order valence-electron chi connectivity index (χ3n) is 7.67. The van der Waals surface area contributed by atoms with Crippen molar-refractivity contribution in [3.63, 3.8) is 0 Å². The van der Waals surface area contributed by atoms with E-state index in [2.05, 4.69) is 137 Å². The fraction of sp³-hybridized carbons (Fsp3) is 0.222. The van der Waals surface area contributed by atoms with Crippen LogP contribution in [0.4, 0.5) is 11.4 Å². The zero-order valence-corrected chi connectivity index (χ0v) is 22.0. The highest BCUT2D eigenvalue weighted by Gasteiger charge is 2.22. The number of nitrogens with zero attached hydrogens (tertiary/aromatic N) is 2. The van der Waals surface area contributed by atoms with E-state index in [9.17, 15) is 0 Å². The summed E-state index contributed by atoms with van der Waals surface area (Å²) in [5, 5.41) is 0. The van der Waals surface area contributed by atoms with Crippen LogP contribution < -0.4 is 9.80 Å². The maximum atomic E-state index is 2.48. The maximum absolute atomic E-state index is 2.48. The van der Waals surface area contributed by atoms with Crippen molar-refractivity contribution in [3.8, 4) is 0 Å². The van der Waals surface area contributed by atoms with Crippen molar-refractivity contribution < 1.29 is 0 Å². The molecule has 0 heterocycles. The molecule has 38 heavy (non-hydrogen) atoms. The third kappa shape index (κ3) is 5.31. The van der Waals surface area contributed by atoms with E-state index in [0.717, 1.165) is 44.9 Å². The highest BCUT2D eigenvalue weighted by atomic mass is 15.2. The number of para-hydroxylation sites is 1. The maximum Gasteiger partial charge on any atom is 0.0560 e. The monoisotopic (exact) mass is 496 g/mol. The molecule has 0 N–H and O–H groups in total. The second-order valence-corrected chi connectivity index (χ2v) is 10.3. The molecule has 2 nitrogen and oxygen atoms in total. The lowest BCUT2D eigenvalue weighted by Gasteiger charge is -2.35. The highest BCUT2D eigenvalue weighted by Crippen LogP contribution is 2.34. The first-order chi connectivity index (χ1) is 18.9. The highest BCUT2D eigenvalue weighted by molar-refractivity contribution is 5.77. The fourth-order valence-corrected chi connectivity index (χ4v) is 5.74. The number of allylic oxidation sites excluding steroid dienone is 12. The van der Waals surface area contributed by atoms with Crippen molar-refractivity contribution in [3.05, 3.63) is 150 Å². The summed E-state index contributed by atoms with van der Waals surface area (Å²) in [7, 11) is 0. The largest absolute Gasteiger partial charge is 0.335 e. The van der Waals surface area contributed by atoms with Crippen molar-refractivity contribution in [1.82, 2.24) is 0 Å². The molecule has 2 heteroatoms. The topological polar surface area (TPSA) is 6.48 Å². The SMILES string of the molecule is C1=CCCC(N(C2=CCCC=C2)c2ccc(C3=CCC(N(C4=CCCC=C4)c4ccccc4)C=C3)cc2)=C1. The number of benzene rings is 2. The van der Waals surface area contributed by atoms with Gasteiger partial charge in [0.25, 0.3) is 0 Å². The van der Waals surface area contributed by atoms with Crippen molar-refractivity contribution in [2.45, 2.75) is 51.0 Å². The summed E-state index contributed by atoms with van der Waals surface area (Å²) in [6, 6.07) is 20.2. The normalized spacial score (nSPS) is 20.4. The summed E-state index contributed by atoms with van der Waals surface area (Å²) in [6.07, 6.45) is 35.3. The van der Waals surface area contributed by atoms with Crippen LogP contribution in [0, 0.1) is 0 Å². The number of hydrogen-bond acceptors (Lipinski definition) is 2. The van der Waals surface area contributed by atoms with Gasteiger partial charge in [0.1, 0.15) is 0 Å². The summed E-state index contributed by atoms with van der Waals surface area (Å²) in [5.41, 5.74) is 9.02. The Labute approximate surface area is 227 Å². The van der Waals surface area contributed by atoms with Gasteiger partial charge in [0.15, 0.2) is 0 Å². The van der Waals surface area contributed by atoms with Gasteiger partial charge in [-0.2, -0.15) is 0 Å². The Morgan fingerprint density at radius 2 is 1.39 bits per heavy atom. The van der Waals surface area contributed by atoms with Crippen molar-refractivity contribution in [2.75, 3.05) is 9.80 Å². The summed E-state index contributed by atoms with van der Waals surface area (Å²) < 4.78 is 0. The van der Waals surface area contributed by atoms with Crippen LogP contribution in [0.5, 0.6) is 0 Å². The average molecular weight is 497 g/mol. The van der Waals surface area contributed by atoms with Gasteiger partial charge in [-0.05, 0) is 98.6 Å². The molecule has 6 rings (SSSR count). The summed E-state index contributed by atoms with van der Waals surface area (Å²) in [4.78, 5) is 4.92. The van der Waals surface area contributed by atoms with E-state index in [1.54, 1.807) is 0 Å². The predicted molar refractivity (Wildman–Crippen MR) is 163 cm³/mol. The summed E-state index contributed by atoms with van der Waals surface area (Å²) >= 11 is 0. The molecule has 0 aliphatic heterocycles. The van der Waals surface area contributed by atoms with E-state index in [0.29, 0.717) is 6.04 Å². The molecule has 0 fully saturated rings. The van der Waals surface area contributed by atoms with E-state index in [1.165, 1.54) is 39.6 Å². The minimum atomic E-state index is 0.307. The van der Waals surface area contributed by atoms with Crippen LogP contribution in [0.2, 0.25) is 0 Å². The quantitative estimate of drug-likeness (QED) is 0.377. The Balaban J connectivity index is 1.23. The van der Waals surface area contributed by atoms with Gasteiger partial charge in [-0.3, -0.25) is 0 Å².